The van der Waals surface area contributed by atoms with Crippen LogP contribution in [0, 0.1) is 0 Å². The second-order valence-electron chi connectivity index (χ2n) is 4.28. The highest BCUT2D eigenvalue weighted by molar-refractivity contribution is 5.69. The monoisotopic (exact) mass is 250 g/mol. The molecule has 0 radical (unpaired) electrons. The van der Waals surface area contributed by atoms with Crippen LogP contribution in [0.1, 0.15) is 38.2 Å². The fourth-order valence-electron chi connectivity index (χ4n) is 1.63. The molecule has 1 aromatic carbocycles. The van der Waals surface area contributed by atoms with Gasteiger partial charge in [-0.1, -0.05) is 25.5 Å². The summed E-state index contributed by atoms with van der Waals surface area (Å²) in [6.45, 7) is 2.63. The Balaban J connectivity index is 2.18. The number of carbonyl (C=O) groups is 1. The normalized spacial score (nSPS) is 10.1. The van der Waals surface area contributed by atoms with Crippen molar-refractivity contribution in [2.75, 3.05) is 13.7 Å². The number of rotatable bonds is 8. The number of hydrogen-bond donors (Lipinski definition) is 0. The van der Waals surface area contributed by atoms with Gasteiger partial charge in [-0.3, -0.25) is 4.79 Å². The van der Waals surface area contributed by atoms with Gasteiger partial charge in [-0.25, -0.2) is 0 Å². The summed E-state index contributed by atoms with van der Waals surface area (Å²) in [6.07, 6.45) is 4.23. The van der Waals surface area contributed by atoms with E-state index in [4.69, 9.17) is 9.47 Å². The summed E-state index contributed by atoms with van der Waals surface area (Å²) >= 11 is 0. The molecule has 0 unspecified atom stereocenters. The molecule has 18 heavy (non-hydrogen) atoms. The van der Waals surface area contributed by atoms with Crippen molar-refractivity contribution in [2.45, 2.75) is 39.0 Å². The Morgan fingerprint density at radius 3 is 2.50 bits per heavy atom. The summed E-state index contributed by atoms with van der Waals surface area (Å²) in [7, 11) is 1.65. The second-order valence-corrected chi connectivity index (χ2v) is 4.28. The molecule has 0 aliphatic heterocycles. The molecule has 1 rings (SSSR count). The number of hydrogen-bond acceptors (Lipinski definition) is 3. The van der Waals surface area contributed by atoms with E-state index in [1.165, 1.54) is 5.56 Å². The van der Waals surface area contributed by atoms with Crippen molar-refractivity contribution in [1.29, 1.82) is 0 Å². The molecule has 3 nitrogen and oxygen atoms in total. The Bertz CT molecular complexity index is 343. The van der Waals surface area contributed by atoms with Gasteiger partial charge >= 0.3 is 5.97 Å². The first kappa shape index (κ1) is 14.6. The topological polar surface area (TPSA) is 35.5 Å². The van der Waals surface area contributed by atoms with Gasteiger partial charge in [0.15, 0.2) is 0 Å². The fraction of sp³-hybridized carbons (Fsp3) is 0.533. The lowest BCUT2D eigenvalue weighted by atomic mass is 10.1. The van der Waals surface area contributed by atoms with E-state index in [2.05, 4.69) is 6.92 Å². The van der Waals surface area contributed by atoms with Gasteiger partial charge in [-0.2, -0.15) is 0 Å². The molecule has 1 aromatic rings. The highest BCUT2D eigenvalue weighted by atomic mass is 16.5. The lowest BCUT2D eigenvalue weighted by molar-refractivity contribution is -0.143. The van der Waals surface area contributed by atoms with Crippen LogP contribution in [0.4, 0.5) is 0 Å². The van der Waals surface area contributed by atoms with Crippen molar-refractivity contribution in [1.82, 2.24) is 0 Å². The van der Waals surface area contributed by atoms with E-state index in [-0.39, 0.29) is 5.97 Å². The summed E-state index contributed by atoms with van der Waals surface area (Å²) in [4.78, 5) is 11.4. The zero-order valence-electron chi connectivity index (χ0n) is 11.3. The van der Waals surface area contributed by atoms with E-state index in [1.54, 1.807) is 7.11 Å². The van der Waals surface area contributed by atoms with Gasteiger partial charge in [0.05, 0.1) is 13.7 Å². The van der Waals surface area contributed by atoms with Crippen molar-refractivity contribution in [3.8, 4) is 5.75 Å². The predicted molar refractivity (Wildman–Crippen MR) is 71.8 cm³/mol. The summed E-state index contributed by atoms with van der Waals surface area (Å²) < 4.78 is 10.2. The van der Waals surface area contributed by atoms with Crippen molar-refractivity contribution in [3.63, 3.8) is 0 Å². The molecule has 0 saturated heterocycles. The maximum atomic E-state index is 11.4. The molecule has 0 heterocycles. The molecule has 0 aliphatic carbocycles. The van der Waals surface area contributed by atoms with E-state index in [0.717, 1.165) is 31.4 Å². The summed E-state index contributed by atoms with van der Waals surface area (Å²) in [5, 5.41) is 0. The molecule has 0 atom stereocenters. The summed E-state index contributed by atoms with van der Waals surface area (Å²) in [5.74, 6) is 0.773. The van der Waals surface area contributed by atoms with E-state index in [9.17, 15) is 4.79 Å². The van der Waals surface area contributed by atoms with Gasteiger partial charge in [-0.05, 0) is 37.0 Å². The number of benzene rings is 1. The molecule has 0 bridgehead atoms. The molecular weight excluding hydrogens is 228 g/mol. The number of carbonyl (C=O) groups excluding carboxylic acids is 1. The SMILES string of the molecule is CCCCOC(=O)CCCc1ccc(OC)cc1. The molecule has 0 fully saturated rings. The Hall–Kier alpha value is -1.51. The molecule has 3 heteroatoms. The zero-order valence-corrected chi connectivity index (χ0v) is 11.3. The van der Waals surface area contributed by atoms with Crippen LogP contribution in [-0.4, -0.2) is 19.7 Å². The van der Waals surface area contributed by atoms with Crippen molar-refractivity contribution in [3.05, 3.63) is 29.8 Å². The molecule has 0 spiro atoms. The number of methoxy groups -OCH3 is 1. The Morgan fingerprint density at radius 2 is 1.89 bits per heavy atom. The lowest BCUT2D eigenvalue weighted by Gasteiger charge is -2.05. The Labute approximate surface area is 109 Å². The minimum absolute atomic E-state index is 0.0861. The summed E-state index contributed by atoms with van der Waals surface area (Å²) in [5.41, 5.74) is 1.22. The zero-order chi connectivity index (χ0) is 13.2. The smallest absolute Gasteiger partial charge is 0.305 e. The lowest BCUT2D eigenvalue weighted by Crippen LogP contribution is -2.05. The van der Waals surface area contributed by atoms with E-state index >= 15 is 0 Å². The molecule has 0 aliphatic rings. The van der Waals surface area contributed by atoms with Crippen LogP contribution >= 0.6 is 0 Å². The van der Waals surface area contributed by atoms with Crippen LogP contribution in [-0.2, 0) is 16.0 Å². The highest BCUT2D eigenvalue weighted by Crippen LogP contribution is 2.13. The molecule has 0 aromatic heterocycles. The van der Waals surface area contributed by atoms with Crippen molar-refractivity contribution < 1.29 is 14.3 Å². The summed E-state index contributed by atoms with van der Waals surface area (Å²) in [6, 6.07) is 7.94. The third-order valence-corrected chi connectivity index (χ3v) is 2.77. The first-order valence-electron chi connectivity index (χ1n) is 6.54. The maximum Gasteiger partial charge on any atom is 0.305 e. The number of unbranched alkanes of at least 4 members (excludes halogenated alkanes) is 1. The van der Waals surface area contributed by atoms with Crippen LogP contribution in [0.5, 0.6) is 5.75 Å². The van der Waals surface area contributed by atoms with Crippen LogP contribution in [0.25, 0.3) is 0 Å². The van der Waals surface area contributed by atoms with Gasteiger partial charge in [0.2, 0.25) is 0 Å². The van der Waals surface area contributed by atoms with Crippen molar-refractivity contribution >= 4 is 5.97 Å². The number of aryl methyl sites for hydroxylation is 1. The molecule has 0 N–H and O–H groups in total. The largest absolute Gasteiger partial charge is 0.497 e. The van der Waals surface area contributed by atoms with E-state index in [0.29, 0.717) is 13.0 Å². The second kappa shape index (κ2) is 8.56. The van der Waals surface area contributed by atoms with Gasteiger partial charge in [0.25, 0.3) is 0 Å². The minimum Gasteiger partial charge on any atom is -0.497 e. The highest BCUT2D eigenvalue weighted by Gasteiger charge is 2.02. The quantitative estimate of drug-likeness (QED) is 0.524. The molecule has 100 valence electrons. The standard InChI is InChI=1S/C15H22O3/c1-3-4-12-18-15(16)7-5-6-13-8-10-14(17-2)11-9-13/h8-11H,3-7,12H2,1-2H3. The van der Waals surface area contributed by atoms with Gasteiger partial charge < -0.3 is 9.47 Å². The number of ether oxygens (including phenoxy) is 2. The molecule has 0 saturated carbocycles. The average molecular weight is 250 g/mol. The third kappa shape index (κ3) is 5.71. The third-order valence-electron chi connectivity index (χ3n) is 2.77. The maximum absolute atomic E-state index is 11.4. The molecular formula is C15H22O3. The van der Waals surface area contributed by atoms with Crippen LogP contribution in [0.15, 0.2) is 24.3 Å². The van der Waals surface area contributed by atoms with Crippen LogP contribution in [0.3, 0.4) is 0 Å². The number of esters is 1. The minimum atomic E-state index is -0.0861. The van der Waals surface area contributed by atoms with Crippen LogP contribution < -0.4 is 4.74 Å². The van der Waals surface area contributed by atoms with Gasteiger partial charge in [0.1, 0.15) is 5.75 Å². The van der Waals surface area contributed by atoms with Crippen molar-refractivity contribution in [2.24, 2.45) is 0 Å². The first-order valence-corrected chi connectivity index (χ1v) is 6.54. The van der Waals surface area contributed by atoms with E-state index < -0.39 is 0 Å². The first-order chi connectivity index (χ1) is 8.76. The van der Waals surface area contributed by atoms with Gasteiger partial charge in [0, 0.05) is 6.42 Å². The fourth-order valence-corrected chi connectivity index (χ4v) is 1.63. The van der Waals surface area contributed by atoms with Gasteiger partial charge in [-0.15, -0.1) is 0 Å². The Morgan fingerprint density at radius 1 is 1.17 bits per heavy atom. The molecule has 0 amide bonds. The predicted octanol–water partition coefficient (Wildman–Crippen LogP) is 3.36. The van der Waals surface area contributed by atoms with E-state index in [1.807, 2.05) is 24.3 Å². The average Bonchev–Trinajstić information content (AvgIpc) is 2.40. The van der Waals surface area contributed by atoms with Crippen LogP contribution in [0.2, 0.25) is 0 Å². The Kier molecular flexibility index (Phi) is 6.92.